The summed E-state index contributed by atoms with van der Waals surface area (Å²) in [5.41, 5.74) is 2.78. The van der Waals surface area contributed by atoms with E-state index >= 15 is 0 Å². The summed E-state index contributed by atoms with van der Waals surface area (Å²) >= 11 is 1.50. The van der Waals surface area contributed by atoms with Crippen LogP contribution in [0.1, 0.15) is 48.5 Å². The molecular formula is C22H29N3O2S. The molecule has 6 heteroatoms. The van der Waals surface area contributed by atoms with Crippen molar-refractivity contribution in [1.82, 2.24) is 10.2 Å². The number of likely N-dealkylation sites (tertiary alicyclic amines) is 1. The Balaban J connectivity index is 1.35. The number of rotatable bonds is 8. The first kappa shape index (κ1) is 20.6. The maximum Gasteiger partial charge on any atom is 0.252 e. The topological polar surface area (TPSA) is 61.4 Å². The first-order valence-electron chi connectivity index (χ1n) is 10.0. The van der Waals surface area contributed by atoms with Gasteiger partial charge in [-0.05, 0) is 60.9 Å². The number of carbonyl (C=O) groups is 2. The van der Waals surface area contributed by atoms with Crippen LogP contribution in [-0.4, -0.2) is 36.3 Å². The molecule has 0 saturated carbocycles. The molecule has 0 bridgehead atoms. The SMILES string of the molecule is CC1CCCN(Cc2ccc(NC(=O)CCCNC(=O)c3ccsc3)cc2)C1. The maximum absolute atomic E-state index is 12.1. The van der Waals surface area contributed by atoms with Gasteiger partial charge in [0.1, 0.15) is 0 Å². The van der Waals surface area contributed by atoms with Crippen molar-refractivity contribution in [3.8, 4) is 0 Å². The molecule has 2 heterocycles. The van der Waals surface area contributed by atoms with Crippen LogP contribution < -0.4 is 10.6 Å². The highest BCUT2D eigenvalue weighted by Crippen LogP contribution is 2.19. The Bertz CT molecular complexity index is 759. The lowest BCUT2D eigenvalue weighted by atomic mass is 10.00. The number of carbonyl (C=O) groups excluding carboxylic acids is 2. The van der Waals surface area contributed by atoms with Crippen LogP contribution in [0.2, 0.25) is 0 Å². The Morgan fingerprint density at radius 3 is 2.75 bits per heavy atom. The lowest BCUT2D eigenvalue weighted by Gasteiger charge is -2.30. The third-order valence-electron chi connectivity index (χ3n) is 5.03. The van der Waals surface area contributed by atoms with Gasteiger partial charge in [0, 0.05) is 42.7 Å². The monoisotopic (exact) mass is 399 g/mol. The molecule has 1 aliphatic heterocycles. The van der Waals surface area contributed by atoms with Crippen molar-refractivity contribution < 1.29 is 9.59 Å². The fourth-order valence-electron chi connectivity index (χ4n) is 3.55. The van der Waals surface area contributed by atoms with Gasteiger partial charge < -0.3 is 10.6 Å². The van der Waals surface area contributed by atoms with Gasteiger partial charge in [0.25, 0.3) is 5.91 Å². The molecule has 2 aromatic rings. The number of nitrogens with one attached hydrogen (secondary N) is 2. The van der Waals surface area contributed by atoms with Crippen LogP contribution in [0.3, 0.4) is 0 Å². The zero-order valence-corrected chi connectivity index (χ0v) is 17.3. The number of piperidine rings is 1. The molecule has 2 amide bonds. The van der Waals surface area contributed by atoms with E-state index in [1.54, 1.807) is 6.07 Å². The highest BCUT2D eigenvalue weighted by Gasteiger charge is 2.16. The van der Waals surface area contributed by atoms with Crippen LogP contribution in [0.5, 0.6) is 0 Å². The molecule has 5 nitrogen and oxygen atoms in total. The third-order valence-corrected chi connectivity index (χ3v) is 5.72. The predicted molar refractivity (Wildman–Crippen MR) is 115 cm³/mol. The molecule has 1 aromatic carbocycles. The standard InChI is InChI=1S/C22H29N3O2S/c1-17-4-3-12-25(14-17)15-18-6-8-20(9-7-18)24-21(26)5-2-11-23-22(27)19-10-13-28-16-19/h6-10,13,16-17H,2-5,11-12,14-15H2,1H3,(H,23,27)(H,24,26). The Morgan fingerprint density at radius 1 is 1.21 bits per heavy atom. The van der Waals surface area contributed by atoms with E-state index < -0.39 is 0 Å². The van der Waals surface area contributed by atoms with Crippen molar-refractivity contribution in [2.45, 2.75) is 39.2 Å². The van der Waals surface area contributed by atoms with Gasteiger partial charge in [-0.3, -0.25) is 14.5 Å². The third kappa shape index (κ3) is 6.46. The molecule has 2 N–H and O–H groups in total. The number of amides is 2. The molecule has 1 aromatic heterocycles. The van der Waals surface area contributed by atoms with E-state index in [1.165, 1.54) is 42.8 Å². The van der Waals surface area contributed by atoms with Crippen molar-refractivity contribution in [2.75, 3.05) is 25.0 Å². The molecule has 1 fully saturated rings. The number of hydrogen-bond acceptors (Lipinski definition) is 4. The Hall–Kier alpha value is -2.18. The van der Waals surface area contributed by atoms with Crippen molar-refractivity contribution in [2.24, 2.45) is 5.92 Å². The molecule has 0 aliphatic carbocycles. The Kier molecular flexibility index (Phi) is 7.62. The van der Waals surface area contributed by atoms with E-state index in [0.717, 1.165) is 18.2 Å². The van der Waals surface area contributed by atoms with Gasteiger partial charge in [0.2, 0.25) is 5.91 Å². The predicted octanol–water partition coefficient (Wildman–Crippen LogP) is 4.13. The quantitative estimate of drug-likeness (QED) is 0.656. The second-order valence-electron chi connectivity index (χ2n) is 7.60. The van der Waals surface area contributed by atoms with Crippen LogP contribution in [-0.2, 0) is 11.3 Å². The lowest BCUT2D eigenvalue weighted by Crippen LogP contribution is -2.33. The number of anilines is 1. The number of hydrogen-bond donors (Lipinski definition) is 2. The summed E-state index contributed by atoms with van der Waals surface area (Å²) in [7, 11) is 0. The smallest absolute Gasteiger partial charge is 0.252 e. The highest BCUT2D eigenvalue weighted by molar-refractivity contribution is 7.08. The maximum atomic E-state index is 12.1. The van der Waals surface area contributed by atoms with Gasteiger partial charge in [-0.2, -0.15) is 11.3 Å². The molecular weight excluding hydrogens is 370 g/mol. The summed E-state index contributed by atoms with van der Waals surface area (Å²) < 4.78 is 0. The van der Waals surface area contributed by atoms with Gasteiger partial charge in [0.05, 0.1) is 0 Å². The summed E-state index contributed by atoms with van der Waals surface area (Å²) in [4.78, 5) is 26.4. The summed E-state index contributed by atoms with van der Waals surface area (Å²) in [6.45, 7) is 6.13. The van der Waals surface area contributed by atoms with Crippen LogP contribution in [0.25, 0.3) is 0 Å². The average molecular weight is 400 g/mol. The Labute approximate surface area is 171 Å². The number of thiophene rings is 1. The summed E-state index contributed by atoms with van der Waals surface area (Å²) in [6, 6.07) is 9.92. The van der Waals surface area contributed by atoms with Gasteiger partial charge in [-0.25, -0.2) is 0 Å². The molecule has 28 heavy (non-hydrogen) atoms. The molecule has 0 radical (unpaired) electrons. The molecule has 0 spiro atoms. The Morgan fingerprint density at radius 2 is 2.04 bits per heavy atom. The number of benzene rings is 1. The molecule has 1 saturated heterocycles. The molecule has 1 unspecified atom stereocenters. The van der Waals surface area contributed by atoms with Gasteiger partial charge in [0.15, 0.2) is 0 Å². The minimum absolute atomic E-state index is 0.0256. The van der Waals surface area contributed by atoms with Crippen LogP contribution >= 0.6 is 11.3 Å². The van der Waals surface area contributed by atoms with Crippen molar-refractivity contribution >= 4 is 28.8 Å². The largest absolute Gasteiger partial charge is 0.352 e. The van der Waals surface area contributed by atoms with Gasteiger partial charge in [-0.1, -0.05) is 19.1 Å². The van der Waals surface area contributed by atoms with E-state index in [2.05, 4.69) is 34.6 Å². The van der Waals surface area contributed by atoms with Crippen molar-refractivity contribution in [1.29, 1.82) is 0 Å². The van der Waals surface area contributed by atoms with Crippen LogP contribution in [0.4, 0.5) is 5.69 Å². The first-order valence-corrected chi connectivity index (χ1v) is 11.0. The molecule has 1 atom stereocenters. The zero-order chi connectivity index (χ0) is 19.8. The molecule has 3 rings (SSSR count). The van der Waals surface area contributed by atoms with Crippen LogP contribution in [0, 0.1) is 5.92 Å². The summed E-state index contributed by atoms with van der Waals surface area (Å²) in [5.74, 6) is 0.671. The molecule has 150 valence electrons. The normalized spacial score (nSPS) is 17.2. The van der Waals surface area contributed by atoms with Gasteiger partial charge in [-0.15, -0.1) is 0 Å². The highest BCUT2D eigenvalue weighted by atomic mass is 32.1. The zero-order valence-electron chi connectivity index (χ0n) is 16.4. The average Bonchev–Trinajstić information content (AvgIpc) is 3.22. The first-order chi connectivity index (χ1) is 13.6. The van der Waals surface area contributed by atoms with E-state index in [9.17, 15) is 9.59 Å². The number of nitrogens with zero attached hydrogens (tertiary/aromatic N) is 1. The fourth-order valence-corrected chi connectivity index (χ4v) is 4.19. The van der Waals surface area contributed by atoms with E-state index in [-0.39, 0.29) is 11.8 Å². The summed E-state index contributed by atoms with van der Waals surface area (Å²) in [6.07, 6.45) is 3.62. The summed E-state index contributed by atoms with van der Waals surface area (Å²) in [5, 5.41) is 9.46. The molecule has 1 aliphatic rings. The minimum Gasteiger partial charge on any atom is -0.352 e. The second-order valence-corrected chi connectivity index (χ2v) is 8.38. The van der Waals surface area contributed by atoms with Crippen LogP contribution in [0.15, 0.2) is 41.1 Å². The van der Waals surface area contributed by atoms with E-state index in [0.29, 0.717) is 24.9 Å². The second kappa shape index (κ2) is 10.4. The van der Waals surface area contributed by atoms with Crippen molar-refractivity contribution in [3.05, 3.63) is 52.2 Å². The van der Waals surface area contributed by atoms with Crippen molar-refractivity contribution in [3.63, 3.8) is 0 Å². The minimum atomic E-state index is -0.0830. The van der Waals surface area contributed by atoms with Gasteiger partial charge >= 0.3 is 0 Å². The lowest BCUT2D eigenvalue weighted by molar-refractivity contribution is -0.116. The van der Waals surface area contributed by atoms with E-state index in [4.69, 9.17) is 0 Å². The fraction of sp³-hybridized carbons (Fsp3) is 0.455. The van der Waals surface area contributed by atoms with E-state index in [1.807, 2.05) is 22.9 Å².